The molecule has 0 N–H and O–H groups in total. The zero-order valence-corrected chi connectivity index (χ0v) is 26.8. The Bertz CT molecular complexity index is 2750. The molecule has 0 radical (unpaired) electrons. The van der Waals surface area contributed by atoms with E-state index in [1.807, 2.05) is 30.3 Å². The number of hydrogen-bond donors (Lipinski definition) is 0. The second-order valence-electron chi connectivity index (χ2n) is 13.5. The van der Waals surface area contributed by atoms with Gasteiger partial charge in [-0.3, -0.25) is 0 Å². The number of para-hydroxylation sites is 3. The largest absolute Gasteiger partial charge is 0.309 e. The fourth-order valence-electron chi connectivity index (χ4n) is 7.95. The van der Waals surface area contributed by atoms with Crippen molar-refractivity contribution < 1.29 is 0 Å². The minimum Gasteiger partial charge on any atom is -0.309 e. The first-order valence-electron chi connectivity index (χ1n) is 16.6. The lowest BCUT2D eigenvalue weighted by Crippen LogP contribution is -2.15. The van der Waals surface area contributed by atoms with E-state index in [9.17, 15) is 0 Å². The van der Waals surface area contributed by atoms with E-state index >= 15 is 0 Å². The van der Waals surface area contributed by atoms with Gasteiger partial charge in [-0.05, 0) is 87.6 Å². The smallest absolute Gasteiger partial charge is 0.0973 e. The van der Waals surface area contributed by atoms with Crippen LogP contribution in [0.25, 0.3) is 82.9 Å². The molecule has 10 rings (SSSR count). The van der Waals surface area contributed by atoms with Crippen molar-refractivity contribution in [2.75, 3.05) is 0 Å². The van der Waals surface area contributed by atoms with E-state index in [2.05, 4.69) is 140 Å². The molecule has 7 aromatic carbocycles. The Morgan fingerprint density at radius 3 is 1.85 bits per heavy atom. The van der Waals surface area contributed by atoms with Gasteiger partial charge in [0, 0.05) is 33.0 Å². The maximum absolute atomic E-state index is 5.21. The highest BCUT2D eigenvalue weighted by Crippen LogP contribution is 2.52. The molecular weight excluding hydrogens is 583 g/mol. The highest BCUT2D eigenvalue weighted by molar-refractivity contribution is 6.12. The van der Waals surface area contributed by atoms with Gasteiger partial charge >= 0.3 is 0 Å². The van der Waals surface area contributed by atoms with E-state index in [1.54, 1.807) is 0 Å². The average Bonchev–Trinajstić information content (AvgIpc) is 3.57. The fourth-order valence-corrected chi connectivity index (χ4v) is 7.95. The maximum Gasteiger partial charge on any atom is 0.0973 e. The third-order valence-corrected chi connectivity index (χ3v) is 10.3. The van der Waals surface area contributed by atoms with Crippen molar-refractivity contribution in [3.05, 3.63) is 163 Å². The van der Waals surface area contributed by atoms with Gasteiger partial charge in [-0.15, -0.1) is 0 Å². The SMILES string of the molecule is CC1(C)c2cc3ccccc3cc2-c2cc3c4ccccc4n(-c4cccc(-c5nc6ccccc6nc5-c5ccccc5)c4)c3cc21. The van der Waals surface area contributed by atoms with Crippen molar-refractivity contribution in [2.24, 2.45) is 0 Å². The molecule has 226 valence electrons. The second kappa shape index (κ2) is 9.97. The minimum absolute atomic E-state index is 0.128. The number of fused-ring (bicyclic) bond motifs is 8. The second-order valence-corrected chi connectivity index (χ2v) is 13.5. The number of nitrogens with zero attached hydrogens (tertiary/aromatic N) is 3. The maximum atomic E-state index is 5.21. The third kappa shape index (κ3) is 3.88. The highest BCUT2D eigenvalue weighted by atomic mass is 15.0. The van der Waals surface area contributed by atoms with E-state index < -0.39 is 0 Å². The summed E-state index contributed by atoms with van der Waals surface area (Å²) in [4.78, 5) is 10.3. The molecule has 0 spiro atoms. The summed E-state index contributed by atoms with van der Waals surface area (Å²) in [5.41, 5.74) is 14.5. The first kappa shape index (κ1) is 27.1. The predicted octanol–water partition coefficient (Wildman–Crippen LogP) is 11.5. The summed E-state index contributed by atoms with van der Waals surface area (Å²) in [5, 5.41) is 5.09. The molecule has 0 saturated heterocycles. The van der Waals surface area contributed by atoms with E-state index in [0.717, 1.165) is 39.2 Å². The Balaban J connectivity index is 1.22. The van der Waals surface area contributed by atoms with Crippen LogP contribution < -0.4 is 0 Å². The van der Waals surface area contributed by atoms with E-state index in [-0.39, 0.29) is 5.41 Å². The van der Waals surface area contributed by atoms with Gasteiger partial charge in [0.25, 0.3) is 0 Å². The van der Waals surface area contributed by atoms with Gasteiger partial charge in [-0.2, -0.15) is 0 Å². The summed E-state index contributed by atoms with van der Waals surface area (Å²) in [6, 6.07) is 54.5. The van der Waals surface area contributed by atoms with Gasteiger partial charge in [0.05, 0.1) is 33.5 Å². The Morgan fingerprint density at radius 2 is 1.06 bits per heavy atom. The van der Waals surface area contributed by atoms with Gasteiger partial charge in [0.2, 0.25) is 0 Å². The lowest BCUT2D eigenvalue weighted by molar-refractivity contribution is 0.662. The Labute approximate surface area is 278 Å². The summed E-state index contributed by atoms with van der Waals surface area (Å²) >= 11 is 0. The molecule has 0 fully saturated rings. The van der Waals surface area contributed by atoms with E-state index in [4.69, 9.17) is 9.97 Å². The van der Waals surface area contributed by atoms with Crippen molar-refractivity contribution >= 4 is 43.6 Å². The van der Waals surface area contributed by atoms with Gasteiger partial charge in [0.15, 0.2) is 0 Å². The Kier molecular flexibility index (Phi) is 5.63. The van der Waals surface area contributed by atoms with Crippen LogP contribution in [0.5, 0.6) is 0 Å². The first-order chi connectivity index (χ1) is 23.5. The average molecular weight is 614 g/mol. The number of aromatic nitrogens is 3. The van der Waals surface area contributed by atoms with Crippen molar-refractivity contribution in [2.45, 2.75) is 19.3 Å². The van der Waals surface area contributed by atoms with Crippen molar-refractivity contribution in [3.8, 4) is 39.3 Å². The van der Waals surface area contributed by atoms with Crippen LogP contribution in [0.4, 0.5) is 0 Å². The van der Waals surface area contributed by atoms with Gasteiger partial charge in [-0.1, -0.05) is 111 Å². The fraction of sp³-hybridized carbons (Fsp3) is 0.0667. The normalized spacial score (nSPS) is 13.4. The van der Waals surface area contributed by atoms with Crippen LogP contribution in [-0.4, -0.2) is 14.5 Å². The van der Waals surface area contributed by atoms with Gasteiger partial charge in [0.1, 0.15) is 0 Å². The zero-order chi connectivity index (χ0) is 32.0. The quantitative estimate of drug-likeness (QED) is 0.198. The summed E-state index contributed by atoms with van der Waals surface area (Å²) in [7, 11) is 0. The Morgan fingerprint density at radius 1 is 0.458 bits per heavy atom. The summed E-state index contributed by atoms with van der Waals surface area (Å²) in [5.74, 6) is 0. The van der Waals surface area contributed by atoms with Crippen molar-refractivity contribution in [1.29, 1.82) is 0 Å². The molecule has 0 amide bonds. The van der Waals surface area contributed by atoms with Crippen LogP contribution in [0, 0.1) is 0 Å². The topological polar surface area (TPSA) is 30.7 Å². The zero-order valence-electron chi connectivity index (χ0n) is 26.8. The predicted molar refractivity (Wildman–Crippen MR) is 200 cm³/mol. The summed E-state index contributed by atoms with van der Waals surface area (Å²) in [6.07, 6.45) is 0. The van der Waals surface area contributed by atoms with Crippen LogP contribution in [-0.2, 0) is 5.41 Å². The summed E-state index contributed by atoms with van der Waals surface area (Å²) in [6.45, 7) is 4.74. The molecule has 2 aromatic heterocycles. The van der Waals surface area contributed by atoms with Crippen LogP contribution in [0.3, 0.4) is 0 Å². The van der Waals surface area contributed by atoms with Crippen LogP contribution in [0.15, 0.2) is 152 Å². The van der Waals surface area contributed by atoms with Crippen molar-refractivity contribution in [3.63, 3.8) is 0 Å². The van der Waals surface area contributed by atoms with Crippen molar-refractivity contribution in [1.82, 2.24) is 14.5 Å². The monoisotopic (exact) mass is 613 g/mol. The first-order valence-corrected chi connectivity index (χ1v) is 16.6. The van der Waals surface area contributed by atoms with Gasteiger partial charge < -0.3 is 4.57 Å². The lowest BCUT2D eigenvalue weighted by Gasteiger charge is -2.22. The highest BCUT2D eigenvalue weighted by Gasteiger charge is 2.36. The van der Waals surface area contributed by atoms with Gasteiger partial charge in [-0.25, -0.2) is 9.97 Å². The molecule has 2 heterocycles. The lowest BCUT2D eigenvalue weighted by atomic mass is 9.81. The molecule has 1 aliphatic rings. The molecule has 1 aliphatic carbocycles. The molecule has 3 nitrogen and oxygen atoms in total. The Hall–Kier alpha value is -6.06. The number of benzene rings is 7. The van der Waals surface area contributed by atoms with Crippen LogP contribution in [0.2, 0.25) is 0 Å². The van der Waals surface area contributed by atoms with E-state index in [1.165, 1.54) is 54.8 Å². The molecule has 0 aliphatic heterocycles. The molecule has 48 heavy (non-hydrogen) atoms. The molecule has 0 saturated carbocycles. The molecule has 0 atom stereocenters. The molecule has 9 aromatic rings. The molecule has 0 bridgehead atoms. The number of hydrogen-bond acceptors (Lipinski definition) is 2. The molecule has 0 unspecified atom stereocenters. The standard InChI is InChI=1S/C45H31N3/c1-45(2)37-25-30-16-7-6-15-29(30)24-34(37)35-26-36-33-19-8-11-22-41(33)48(42(36)27-38(35)45)32-18-12-17-31(23-32)44-43(28-13-4-3-5-14-28)46-39-20-9-10-21-40(39)47-44/h3-27H,1-2H3. The van der Waals surface area contributed by atoms with Crippen LogP contribution in [0.1, 0.15) is 25.0 Å². The molecular formula is C45H31N3. The molecule has 3 heteroatoms. The third-order valence-electron chi connectivity index (χ3n) is 10.3. The summed E-state index contributed by atoms with van der Waals surface area (Å²) < 4.78 is 2.43. The minimum atomic E-state index is -0.128. The van der Waals surface area contributed by atoms with Crippen LogP contribution >= 0.6 is 0 Å². The van der Waals surface area contributed by atoms with E-state index in [0.29, 0.717) is 0 Å². The number of rotatable bonds is 3.